The molecule has 0 spiro atoms. The lowest BCUT2D eigenvalue weighted by Gasteiger charge is -1.84. The molecule has 2 nitrogen and oxygen atoms in total. The topological polar surface area (TPSA) is 44.0 Å². The molecule has 3 heteroatoms. The van der Waals surface area contributed by atoms with E-state index >= 15 is 0 Å². The Labute approximate surface area is 47.1 Å². The SMILES string of the molecule is N#CSCCCO. The highest BCUT2D eigenvalue weighted by atomic mass is 32.2. The van der Waals surface area contributed by atoms with E-state index in [1.165, 1.54) is 11.8 Å². The minimum Gasteiger partial charge on any atom is -0.396 e. The van der Waals surface area contributed by atoms with Gasteiger partial charge in [-0.25, -0.2) is 0 Å². The molecule has 0 aromatic rings. The number of nitrogens with zero attached hydrogens (tertiary/aromatic N) is 1. The molecule has 0 aliphatic heterocycles. The van der Waals surface area contributed by atoms with Crippen molar-refractivity contribution in [3.8, 4) is 5.40 Å². The Kier molecular flexibility index (Phi) is 5.63. The summed E-state index contributed by atoms with van der Waals surface area (Å²) in [5.74, 6) is 0.743. The monoisotopic (exact) mass is 117 g/mol. The molecule has 0 rings (SSSR count). The molecule has 0 saturated heterocycles. The van der Waals surface area contributed by atoms with E-state index in [-0.39, 0.29) is 6.61 Å². The fraction of sp³-hybridized carbons (Fsp3) is 0.750. The van der Waals surface area contributed by atoms with Gasteiger partial charge in [0.05, 0.1) is 0 Å². The summed E-state index contributed by atoms with van der Waals surface area (Å²) in [7, 11) is 0. The Morgan fingerprint density at radius 2 is 2.43 bits per heavy atom. The third-order valence-corrected chi connectivity index (χ3v) is 1.09. The standard InChI is InChI=1S/C4H7NOS/c5-4-7-3-1-2-6/h6H,1-3H2. The van der Waals surface area contributed by atoms with Crippen LogP contribution in [0.25, 0.3) is 0 Å². The zero-order valence-electron chi connectivity index (χ0n) is 3.92. The number of thioether (sulfide) groups is 1. The molecular weight excluding hydrogens is 110 g/mol. The molecule has 0 bridgehead atoms. The molecule has 0 amide bonds. The summed E-state index contributed by atoms with van der Waals surface area (Å²) < 4.78 is 0. The van der Waals surface area contributed by atoms with Gasteiger partial charge in [0.15, 0.2) is 0 Å². The Balaban J connectivity index is 2.60. The summed E-state index contributed by atoms with van der Waals surface area (Å²) in [5.41, 5.74) is 0. The first-order valence-electron chi connectivity index (χ1n) is 2.03. The first-order valence-corrected chi connectivity index (χ1v) is 3.02. The highest BCUT2D eigenvalue weighted by molar-refractivity contribution is 8.03. The molecule has 0 aromatic carbocycles. The molecule has 1 N–H and O–H groups in total. The zero-order valence-corrected chi connectivity index (χ0v) is 4.74. The molecule has 0 aromatic heterocycles. The zero-order chi connectivity index (χ0) is 5.54. The van der Waals surface area contributed by atoms with E-state index in [4.69, 9.17) is 10.4 Å². The van der Waals surface area contributed by atoms with Crippen molar-refractivity contribution in [2.24, 2.45) is 0 Å². The van der Waals surface area contributed by atoms with Gasteiger partial charge in [-0.15, -0.1) is 0 Å². The Hall–Kier alpha value is -0.200. The lowest BCUT2D eigenvalue weighted by molar-refractivity contribution is 0.296. The largest absolute Gasteiger partial charge is 0.396 e. The van der Waals surface area contributed by atoms with Gasteiger partial charge in [-0.3, -0.25) is 0 Å². The van der Waals surface area contributed by atoms with Crippen molar-refractivity contribution >= 4 is 11.8 Å². The van der Waals surface area contributed by atoms with E-state index in [1.807, 2.05) is 5.40 Å². The van der Waals surface area contributed by atoms with Crippen LogP contribution in [0, 0.1) is 10.7 Å². The molecular formula is C4H7NOS. The summed E-state index contributed by atoms with van der Waals surface area (Å²) in [6.07, 6.45) is 0.720. The van der Waals surface area contributed by atoms with E-state index in [1.54, 1.807) is 0 Å². The molecule has 0 unspecified atom stereocenters. The first-order chi connectivity index (χ1) is 3.41. The molecule has 0 heterocycles. The van der Waals surface area contributed by atoms with Crippen molar-refractivity contribution in [3.05, 3.63) is 0 Å². The lowest BCUT2D eigenvalue weighted by atomic mass is 10.5. The van der Waals surface area contributed by atoms with Gasteiger partial charge in [-0.2, -0.15) is 5.26 Å². The van der Waals surface area contributed by atoms with E-state index in [0.29, 0.717) is 0 Å². The average Bonchev–Trinajstić information content (AvgIpc) is 1.69. The number of hydrogen-bond acceptors (Lipinski definition) is 3. The van der Waals surface area contributed by atoms with Crippen LogP contribution >= 0.6 is 11.8 Å². The second-order valence-corrected chi connectivity index (χ2v) is 1.90. The molecule has 0 atom stereocenters. The third kappa shape index (κ3) is 5.80. The normalized spacial score (nSPS) is 8.00. The van der Waals surface area contributed by atoms with Crippen LogP contribution in [-0.4, -0.2) is 17.5 Å². The van der Waals surface area contributed by atoms with Gasteiger partial charge in [0.25, 0.3) is 0 Å². The first kappa shape index (κ1) is 6.80. The van der Waals surface area contributed by atoms with Crippen molar-refractivity contribution in [1.29, 1.82) is 5.26 Å². The Bertz CT molecular complexity index is 68.6. The molecule has 7 heavy (non-hydrogen) atoms. The van der Waals surface area contributed by atoms with E-state index in [0.717, 1.165) is 12.2 Å². The van der Waals surface area contributed by atoms with Crippen molar-refractivity contribution in [1.82, 2.24) is 0 Å². The fourth-order valence-electron chi connectivity index (χ4n) is 0.182. The van der Waals surface area contributed by atoms with Crippen LogP contribution in [0.2, 0.25) is 0 Å². The number of aliphatic hydroxyl groups is 1. The van der Waals surface area contributed by atoms with Crippen LogP contribution in [0.3, 0.4) is 0 Å². The van der Waals surface area contributed by atoms with Crippen LogP contribution in [0.5, 0.6) is 0 Å². The minimum absolute atomic E-state index is 0.189. The number of aliphatic hydroxyl groups excluding tert-OH is 1. The maximum atomic E-state index is 8.17. The van der Waals surface area contributed by atoms with E-state index in [2.05, 4.69) is 0 Å². The molecule has 0 radical (unpaired) electrons. The number of hydrogen-bond donors (Lipinski definition) is 1. The number of thiocyanates is 1. The van der Waals surface area contributed by atoms with Gasteiger partial charge >= 0.3 is 0 Å². The molecule has 0 fully saturated rings. The Morgan fingerprint density at radius 1 is 1.71 bits per heavy atom. The van der Waals surface area contributed by atoms with Crippen LogP contribution in [0.15, 0.2) is 0 Å². The van der Waals surface area contributed by atoms with Gasteiger partial charge in [0.2, 0.25) is 0 Å². The second-order valence-electron chi connectivity index (χ2n) is 1.02. The third-order valence-electron chi connectivity index (χ3n) is 0.469. The van der Waals surface area contributed by atoms with Crippen LogP contribution < -0.4 is 0 Å². The van der Waals surface area contributed by atoms with E-state index < -0.39 is 0 Å². The molecule has 0 aliphatic rings. The maximum Gasteiger partial charge on any atom is 0.133 e. The lowest BCUT2D eigenvalue weighted by Crippen LogP contribution is -1.82. The fourth-order valence-corrected chi connectivity index (χ4v) is 0.547. The van der Waals surface area contributed by atoms with Gasteiger partial charge in [0, 0.05) is 12.4 Å². The van der Waals surface area contributed by atoms with Gasteiger partial charge in [0.1, 0.15) is 5.40 Å². The van der Waals surface area contributed by atoms with Gasteiger partial charge in [-0.1, -0.05) is 0 Å². The second kappa shape index (κ2) is 5.80. The summed E-state index contributed by atoms with van der Waals surface area (Å²) in [6, 6.07) is 0. The molecule has 40 valence electrons. The maximum absolute atomic E-state index is 8.17. The van der Waals surface area contributed by atoms with Crippen molar-refractivity contribution in [2.75, 3.05) is 12.4 Å². The quantitative estimate of drug-likeness (QED) is 0.434. The smallest absolute Gasteiger partial charge is 0.133 e. The predicted octanol–water partition coefficient (Wildman–Crippen LogP) is 0.583. The summed E-state index contributed by atoms with van der Waals surface area (Å²) in [6.45, 7) is 0.189. The molecule has 0 saturated carbocycles. The van der Waals surface area contributed by atoms with E-state index in [9.17, 15) is 0 Å². The summed E-state index contributed by atoms with van der Waals surface area (Å²) >= 11 is 1.18. The predicted molar refractivity (Wildman–Crippen MR) is 29.8 cm³/mol. The Morgan fingerprint density at radius 3 is 2.86 bits per heavy atom. The number of rotatable bonds is 3. The highest BCUT2D eigenvalue weighted by Crippen LogP contribution is 1.96. The van der Waals surface area contributed by atoms with Crippen LogP contribution in [0.1, 0.15) is 6.42 Å². The average molecular weight is 117 g/mol. The van der Waals surface area contributed by atoms with Crippen LogP contribution in [0.4, 0.5) is 0 Å². The van der Waals surface area contributed by atoms with Crippen molar-refractivity contribution in [2.45, 2.75) is 6.42 Å². The summed E-state index contributed by atoms with van der Waals surface area (Å²) in [4.78, 5) is 0. The number of nitriles is 1. The summed E-state index contributed by atoms with van der Waals surface area (Å²) in [5, 5.41) is 18.0. The van der Waals surface area contributed by atoms with Crippen molar-refractivity contribution < 1.29 is 5.11 Å². The van der Waals surface area contributed by atoms with Crippen LogP contribution in [-0.2, 0) is 0 Å². The van der Waals surface area contributed by atoms with Gasteiger partial charge in [-0.05, 0) is 18.2 Å². The highest BCUT2D eigenvalue weighted by Gasteiger charge is 1.81. The minimum atomic E-state index is 0.189. The van der Waals surface area contributed by atoms with Crippen molar-refractivity contribution in [3.63, 3.8) is 0 Å². The molecule has 0 aliphatic carbocycles. The van der Waals surface area contributed by atoms with Gasteiger partial charge < -0.3 is 5.11 Å².